The summed E-state index contributed by atoms with van der Waals surface area (Å²) in [6, 6.07) is 0. The summed E-state index contributed by atoms with van der Waals surface area (Å²) in [6.07, 6.45) is 7.05. The van der Waals surface area contributed by atoms with Crippen LogP contribution in [0.1, 0.15) is 54.4 Å². The third kappa shape index (κ3) is 9.39. The Morgan fingerprint density at radius 2 is 1.62 bits per heavy atom. The summed E-state index contributed by atoms with van der Waals surface area (Å²) in [7, 11) is 0. The summed E-state index contributed by atoms with van der Waals surface area (Å²) < 4.78 is 0. The summed E-state index contributed by atoms with van der Waals surface area (Å²) in [6.45, 7) is 13.3. The normalized spacial score (nSPS) is 12.9. The zero-order valence-corrected chi connectivity index (χ0v) is 10.1. The molecule has 0 N–H and O–H groups in total. The summed E-state index contributed by atoms with van der Waals surface area (Å²) >= 11 is 0. The molecular formula is C13H24. The maximum atomic E-state index is 2.37. The van der Waals surface area contributed by atoms with Crippen LogP contribution in [-0.4, -0.2) is 0 Å². The third-order valence-corrected chi connectivity index (χ3v) is 1.77. The molecule has 0 aliphatic rings. The SMILES string of the molecule is CC(C)=CCC/C(C)=C\C(C)(C)C. The lowest BCUT2D eigenvalue weighted by atomic mass is 9.92. The first-order valence-corrected chi connectivity index (χ1v) is 5.13. The maximum Gasteiger partial charge on any atom is -0.0201 e. The molecule has 0 bridgehead atoms. The van der Waals surface area contributed by atoms with E-state index in [1.165, 1.54) is 24.0 Å². The van der Waals surface area contributed by atoms with Gasteiger partial charge in [0, 0.05) is 0 Å². The van der Waals surface area contributed by atoms with Gasteiger partial charge in [0.15, 0.2) is 0 Å². The molecule has 0 fully saturated rings. The van der Waals surface area contributed by atoms with E-state index in [1.807, 2.05) is 0 Å². The second-order valence-corrected chi connectivity index (χ2v) is 5.18. The fraction of sp³-hybridized carbons (Fsp3) is 0.692. The van der Waals surface area contributed by atoms with E-state index in [-0.39, 0.29) is 0 Å². The van der Waals surface area contributed by atoms with Crippen molar-refractivity contribution in [2.75, 3.05) is 0 Å². The van der Waals surface area contributed by atoms with Crippen molar-refractivity contribution in [2.24, 2.45) is 5.41 Å². The zero-order chi connectivity index (χ0) is 10.5. The van der Waals surface area contributed by atoms with Crippen LogP contribution in [0.2, 0.25) is 0 Å². The van der Waals surface area contributed by atoms with Gasteiger partial charge in [-0.15, -0.1) is 0 Å². The lowest BCUT2D eigenvalue weighted by Crippen LogP contribution is -2.00. The second-order valence-electron chi connectivity index (χ2n) is 5.18. The van der Waals surface area contributed by atoms with Crippen molar-refractivity contribution < 1.29 is 0 Å². The highest BCUT2D eigenvalue weighted by Gasteiger charge is 2.05. The van der Waals surface area contributed by atoms with Crippen molar-refractivity contribution in [3.05, 3.63) is 23.3 Å². The van der Waals surface area contributed by atoms with Crippen molar-refractivity contribution >= 4 is 0 Å². The Morgan fingerprint density at radius 1 is 1.08 bits per heavy atom. The average Bonchev–Trinajstić information content (AvgIpc) is 1.81. The van der Waals surface area contributed by atoms with Gasteiger partial charge in [-0.05, 0) is 39.0 Å². The molecule has 0 rings (SSSR count). The molecule has 0 spiro atoms. The molecule has 0 aromatic carbocycles. The van der Waals surface area contributed by atoms with E-state index in [0.29, 0.717) is 5.41 Å². The quantitative estimate of drug-likeness (QED) is 0.551. The molecule has 13 heavy (non-hydrogen) atoms. The minimum atomic E-state index is 0.328. The van der Waals surface area contributed by atoms with Gasteiger partial charge in [-0.2, -0.15) is 0 Å². The number of allylic oxidation sites excluding steroid dienone is 4. The van der Waals surface area contributed by atoms with Crippen LogP contribution in [0.3, 0.4) is 0 Å². The predicted octanol–water partition coefficient (Wildman–Crippen LogP) is 4.73. The zero-order valence-electron chi connectivity index (χ0n) is 10.1. The first-order valence-electron chi connectivity index (χ1n) is 5.13. The van der Waals surface area contributed by atoms with E-state index in [2.05, 4.69) is 53.7 Å². The third-order valence-electron chi connectivity index (χ3n) is 1.77. The molecule has 76 valence electrons. The van der Waals surface area contributed by atoms with Gasteiger partial charge in [0.1, 0.15) is 0 Å². The van der Waals surface area contributed by atoms with Gasteiger partial charge >= 0.3 is 0 Å². The Labute approximate surface area is 83.7 Å². The molecule has 0 heterocycles. The molecule has 0 saturated heterocycles. The standard InChI is InChI=1S/C13H24/c1-11(2)8-7-9-12(3)10-13(4,5)6/h8,10H,7,9H2,1-6H3/b12-10-. The smallest absolute Gasteiger partial charge is 0.0201 e. The largest absolute Gasteiger partial charge is 0.0856 e. The van der Waals surface area contributed by atoms with Crippen LogP contribution in [0.15, 0.2) is 23.3 Å². The van der Waals surface area contributed by atoms with Crippen molar-refractivity contribution in [2.45, 2.75) is 54.4 Å². The summed E-state index contributed by atoms with van der Waals surface area (Å²) in [5.74, 6) is 0. The number of hydrogen-bond donors (Lipinski definition) is 0. The van der Waals surface area contributed by atoms with E-state index < -0.39 is 0 Å². The predicted molar refractivity (Wildman–Crippen MR) is 61.9 cm³/mol. The Kier molecular flexibility index (Phi) is 5.05. The molecule has 0 heteroatoms. The van der Waals surface area contributed by atoms with Crippen LogP contribution in [-0.2, 0) is 0 Å². The van der Waals surface area contributed by atoms with Gasteiger partial charge in [0.05, 0.1) is 0 Å². The molecule has 0 amide bonds. The van der Waals surface area contributed by atoms with Gasteiger partial charge in [-0.3, -0.25) is 0 Å². The Hall–Kier alpha value is -0.520. The first kappa shape index (κ1) is 12.5. The molecule has 0 nitrogen and oxygen atoms in total. The minimum Gasteiger partial charge on any atom is -0.0856 e. The van der Waals surface area contributed by atoms with E-state index >= 15 is 0 Å². The Morgan fingerprint density at radius 3 is 2.00 bits per heavy atom. The van der Waals surface area contributed by atoms with Crippen molar-refractivity contribution in [3.8, 4) is 0 Å². The summed E-state index contributed by atoms with van der Waals surface area (Å²) in [5.41, 5.74) is 3.25. The molecule has 0 aromatic heterocycles. The highest BCUT2D eigenvalue weighted by molar-refractivity contribution is 5.06. The maximum absolute atomic E-state index is 2.37. The van der Waals surface area contributed by atoms with Gasteiger partial charge in [0.25, 0.3) is 0 Å². The number of hydrogen-bond acceptors (Lipinski definition) is 0. The van der Waals surface area contributed by atoms with Crippen molar-refractivity contribution in [1.29, 1.82) is 0 Å². The average molecular weight is 180 g/mol. The van der Waals surface area contributed by atoms with Crippen LogP contribution in [0.4, 0.5) is 0 Å². The van der Waals surface area contributed by atoms with E-state index in [9.17, 15) is 0 Å². The van der Waals surface area contributed by atoms with E-state index in [1.54, 1.807) is 0 Å². The topological polar surface area (TPSA) is 0 Å². The Bertz CT molecular complexity index is 195. The fourth-order valence-electron chi connectivity index (χ4n) is 1.40. The molecule has 0 saturated carbocycles. The van der Waals surface area contributed by atoms with Crippen LogP contribution in [0.25, 0.3) is 0 Å². The minimum absolute atomic E-state index is 0.328. The molecule has 0 aromatic rings. The summed E-state index contributed by atoms with van der Waals surface area (Å²) in [4.78, 5) is 0. The molecule has 0 aliphatic carbocycles. The fourth-order valence-corrected chi connectivity index (χ4v) is 1.40. The highest BCUT2D eigenvalue weighted by atomic mass is 14.1. The van der Waals surface area contributed by atoms with E-state index in [0.717, 1.165) is 0 Å². The number of rotatable bonds is 3. The lowest BCUT2D eigenvalue weighted by molar-refractivity contribution is 0.537. The second kappa shape index (κ2) is 5.26. The monoisotopic (exact) mass is 180 g/mol. The van der Waals surface area contributed by atoms with Crippen molar-refractivity contribution in [1.82, 2.24) is 0 Å². The van der Waals surface area contributed by atoms with Gasteiger partial charge in [0.2, 0.25) is 0 Å². The van der Waals surface area contributed by atoms with Crippen LogP contribution in [0, 0.1) is 5.41 Å². The highest BCUT2D eigenvalue weighted by Crippen LogP contribution is 2.19. The summed E-state index contributed by atoms with van der Waals surface area (Å²) in [5, 5.41) is 0. The van der Waals surface area contributed by atoms with Crippen molar-refractivity contribution in [3.63, 3.8) is 0 Å². The Balaban J connectivity index is 3.95. The van der Waals surface area contributed by atoms with Gasteiger partial charge in [-0.25, -0.2) is 0 Å². The molecule has 0 aliphatic heterocycles. The van der Waals surface area contributed by atoms with Crippen LogP contribution < -0.4 is 0 Å². The molecule has 0 unspecified atom stereocenters. The first-order chi connectivity index (χ1) is 5.81. The molecule has 0 radical (unpaired) electrons. The molecule has 0 atom stereocenters. The van der Waals surface area contributed by atoms with Crippen LogP contribution >= 0.6 is 0 Å². The van der Waals surface area contributed by atoms with Crippen LogP contribution in [0.5, 0.6) is 0 Å². The van der Waals surface area contributed by atoms with Gasteiger partial charge in [-0.1, -0.05) is 44.1 Å². The van der Waals surface area contributed by atoms with Gasteiger partial charge < -0.3 is 0 Å². The van der Waals surface area contributed by atoms with E-state index in [4.69, 9.17) is 0 Å². The lowest BCUT2D eigenvalue weighted by Gasteiger charge is -2.13. The molecular weight excluding hydrogens is 156 g/mol.